The third-order valence-electron chi connectivity index (χ3n) is 5.61. The lowest BCUT2D eigenvalue weighted by molar-refractivity contribution is 0.379. The van der Waals surface area contributed by atoms with Gasteiger partial charge in [0.15, 0.2) is 0 Å². The molecular formula is C26H30N4O2. The first-order chi connectivity index (χ1) is 15.6. The molecule has 0 saturated carbocycles. The number of rotatable bonds is 9. The van der Waals surface area contributed by atoms with E-state index in [2.05, 4.69) is 65.7 Å². The third-order valence-corrected chi connectivity index (χ3v) is 5.61. The molecule has 0 aliphatic heterocycles. The van der Waals surface area contributed by atoms with E-state index in [-0.39, 0.29) is 6.04 Å². The molecule has 0 amide bonds. The van der Waals surface area contributed by atoms with Crippen LogP contribution in [0.1, 0.15) is 56.0 Å². The number of aryl methyl sites for hydroxylation is 2. The van der Waals surface area contributed by atoms with E-state index >= 15 is 0 Å². The number of hydrogen-bond donors (Lipinski definition) is 1. The van der Waals surface area contributed by atoms with Gasteiger partial charge in [0, 0.05) is 11.6 Å². The summed E-state index contributed by atoms with van der Waals surface area (Å²) >= 11 is 0. The predicted octanol–water partition coefficient (Wildman–Crippen LogP) is 6.14. The highest BCUT2D eigenvalue weighted by Crippen LogP contribution is 2.33. The van der Waals surface area contributed by atoms with Gasteiger partial charge in [-0.05, 0) is 30.4 Å². The van der Waals surface area contributed by atoms with Crippen molar-refractivity contribution in [1.82, 2.24) is 20.7 Å². The topological polar surface area (TPSA) is 77.0 Å². The predicted molar refractivity (Wildman–Crippen MR) is 125 cm³/mol. The zero-order valence-electron chi connectivity index (χ0n) is 19.1. The molecule has 0 saturated heterocycles. The van der Waals surface area contributed by atoms with E-state index in [9.17, 15) is 0 Å². The Labute approximate surface area is 189 Å². The summed E-state index contributed by atoms with van der Waals surface area (Å²) in [6.07, 6.45) is 2.26. The summed E-state index contributed by atoms with van der Waals surface area (Å²) in [5, 5.41) is 16.3. The Balaban J connectivity index is 1.50. The Hall–Kier alpha value is -3.25. The van der Waals surface area contributed by atoms with E-state index in [1.807, 2.05) is 37.3 Å². The van der Waals surface area contributed by atoms with Gasteiger partial charge in [-0.1, -0.05) is 86.9 Å². The monoisotopic (exact) mass is 430 g/mol. The zero-order valence-corrected chi connectivity index (χ0v) is 19.1. The number of nitrogens with one attached hydrogen (secondary N) is 1. The third kappa shape index (κ3) is 4.81. The fourth-order valence-electron chi connectivity index (χ4n) is 3.96. The lowest BCUT2D eigenvalue weighted by Crippen LogP contribution is -2.25. The minimum atomic E-state index is 0.193. The van der Waals surface area contributed by atoms with Crippen LogP contribution in [-0.4, -0.2) is 15.4 Å². The standard InChI is InChI=1S/C26H30N4O2/c1-5-9-19-12-14-21(15-13-19)24(17(2)3)27-16-22-28-29-26(31-22)23-18(4)32-30-25(23)20-10-7-6-8-11-20/h6-8,10-15,17,24,27H,5,9,16H2,1-4H3. The molecule has 0 spiro atoms. The van der Waals surface area contributed by atoms with Gasteiger partial charge in [0.25, 0.3) is 5.89 Å². The first kappa shape index (κ1) is 22.0. The summed E-state index contributed by atoms with van der Waals surface area (Å²) in [7, 11) is 0. The van der Waals surface area contributed by atoms with Gasteiger partial charge in [0.1, 0.15) is 17.0 Å². The van der Waals surface area contributed by atoms with Crippen molar-refractivity contribution >= 4 is 0 Å². The van der Waals surface area contributed by atoms with Crippen LogP contribution in [0.3, 0.4) is 0 Å². The Morgan fingerprint density at radius 1 is 0.969 bits per heavy atom. The number of nitrogens with zero attached hydrogens (tertiary/aromatic N) is 3. The van der Waals surface area contributed by atoms with Crippen molar-refractivity contribution in [3.05, 3.63) is 77.4 Å². The minimum absolute atomic E-state index is 0.193. The van der Waals surface area contributed by atoms with Crippen molar-refractivity contribution < 1.29 is 8.94 Å². The number of aromatic nitrogens is 3. The Bertz CT molecular complexity index is 1130. The van der Waals surface area contributed by atoms with Crippen LogP contribution in [0.2, 0.25) is 0 Å². The molecule has 1 atom stereocenters. The molecule has 2 heterocycles. The summed E-state index contributed by atoms with van der Waals surface area (Å²) < 4.78 is 11.4. The first-order valence-corrected chi connectivity index (χ1v) is 11.2. The minimum Gasteiger partial charge on any atom is -0.419 e. The van der Waals surface area contributed by atoms with Gasteiger partial charge in [0.05, 0.1) is 6.54 Å². The normalized spacial score (nSPS) is 12.4. The molecule has 2 aromatic heterocycles. The van der Waals surface area contributed by atoms with Gasteiger partial charge in [-0.15, -0.1) is 10.2 Å². The zero-order chi connectivity index (χ0) is 22.5. The van der Waals surface area contributed by atoms with Gasteiger partial charge >= 0.3 is 0 Å². The highest BCUT2D eigenvalue weighted by molar-refractivity contribution is 5.77. The van der Waals surface area contributed by atoms with E-state index in [1.165, 1.54) is 11.1 Å². The molecular weight excluding hydrogens is 400 g/mol. The highest BCUT2D eigenvalue weighted by Gasteiger charge is 2.22. The maximum Gasteiger partial charge on any atom is 0.253 e. The lowest BCUT2D eigenvalue weighted by Gasteiger charge is -2.22. The molecule has 4 aromatic rings. The van der Waals surface area contributed by atoms with E-state index in [1.54, 1.807) is 0 Å². The molecule has 0 aliphatic carbocycles. The van der Waals surface area contributed by atoms with Gasteiger partial charge < -0.3 is 14.3 Å². The van der Waals surface area contributed by atoms with Crippen LogP contribution in [-0.2, 0) is 13.0 Å². The summed E-state index contributed by atoms with van der Waals surface area (Å²) in [6.45, 7) is 8.97. The van der Waals surface area contributed by atoms with Gasteiger partial charge in [-0.25, -0.2) is 0 Å². The van der Waals surface area contributed by atoms with Crippen molar-refractivity contribution in [2.24, 2.45) is 5.92 Å². The summed E-state index contributed by atoms with van der Waals surface area (Å²) in [5.74, 6) is 2.02. The summed E-state index contributed by atoms with van der Waals surface area (Å²) in [5.41, 5.74) is 5.03. The maximum absolute atomic E-state index is 6.00. The van der Waals surface area contributed by atoms with Crippen LogP contribution in [0, 0.1) is 12.8 Å². The molecule has 32 heavy (non-hydrogen) atoms. The second kappa shape index (κ2) is 9.92. The van der Waals surface area contributed by atoms with Crippen LogP contribution < -0.4 is 5.32 Å². The Morgan fingerprint density at radius 2 is 1.72 bits per heavy atom. The molecule has 2 aromatic carbocycles. The van der Waals surface area contributed by atoms with Gasteiger partial charge in [-0.3, -0.25) is 0 Å². The van der Waals surface area contributed by atoms with Crippen molar-refractivity contribution in [3.63, 3.8) is 0 Å². The van der Waals surface area contributed by atoms with E-state index in [0.29, 0.717) is 35.7 Å². The molecule has 1 N–H and O–H groups in total. The number of benzene rings is 2. The fraction of sp³-hybridized carbons (Fsp3) is 0.346. The second-order valence-electron chi connectivity index (χ2n) is 8.42. The van der Waals surface area contributed by atoms with Crippen molar-refractivity contribution in [2.75, 3.05) is 0 Å². The fourth-order valence-corrected chi connectivity index (χ4v) is 3.96. The van der Waals surface area contributed by atoms with Crippen LogP contribution in [0.4, 0.5) is 0 Å². The van der Waals surface area contributed by atoms with Crippen molar-refractivity contribution in [2.45, 2.75) is 53.1 Å². The second-order valence-corrected chi connectivity index (χ2v) is 8.42. The van der Waals surface area contributed by atoms with Gasteiger partial charge in [0.2, 0.25) is 5.89 Å². The van der Waals surface area contributed by atoms with Crippen molar-refractivity contribution in [3.8, 4) is 22.7 Å². The Kier molecular flexibility index (Phi) is 6.81. The van der Waals surface area contributed by atoms with Crippen LogP contribution >= 0.6 is 0 Å². The maximum atomic E-state index is 6.00. The first-order valence-electron chi connectivity index (χ1n) is 11.2. The smallest absolute Gasteiger partial charge is 0.253 e. The summed E-state index contributed by atoms with van der Waals surface area (Å²) in [6, 6.07) is 18.9. The van der Waals surface area contributed by atoms with Crippen LogP contribution in [0.15, 0.2) is 63.5 Å². The van der Waals surface area contributed by atoms with E-state index in [0.717, 1.165) is 24.0 Å². The molecule has 0 fully saturated rings. The largest absolute Gasteiger partial charge is 0.419 e. The van der Waals surface area contributed by atoms with E-state index in [4.69, 9.17) is 8.94 Å². The van der Waals surface area contributed by atoms with Gasteiger partial charge in [-0.2, -0.15) is 0 Å². The SMILES string of the molecule is CCCc1ccc(C(NCc2nnc(-c3c(-c4ccccc4)noc3C)o2)C(C)C)cc1. The Morgan fingerprint density at radius 3 is 2.41 bits per heavy atom. The summed E-state index contributed by atoms with van der Waals surface area (Å²) in [4.78, 5) is 0. The average molecular weight is 431 g/mol. The van der Waals surface area contributed by atoms with E-state index < -0.39 is 0 Å². The number of hydrogen-bond acceptors (Lipinski definition) is 6. The molecule has 1 unspecified atom stereocenters. The molecule has 0 radical (unpaired) electrons. The molecule has 4 rings (SSSR count). The molecule has 0 bridgehead atoms. The van der Waals surface area contributed by atoms with Crippen molar-refractivity contribution in [1.29, 1.82) is 0 Å². The quantitative estimate of drug-likeness (QED) is 0.344. The lowest BCUT2D eigenvalue weighted by atomic mass is 9.94. The highest BCUT2D eigenvalue weighted by atomic mass is 16.5. The molecule has 166 valence electrons. The molecule has 0 aliphatic rings. The van der Waals surface area contributed by atoms with Crippen LogP contribution in [0.25, 0.3) is 22.7 Å². The molecule has 6 heteroatoms. The van der Waals surface area contributed by atoms with Crippen LogP contribution in [0.5, 0.6) is 0 Å². The molecule has 6 nitrogen and oxygen atoms in total. The average Bonchev–Trinajstić information content (AvgIpc) is 3.42.